The number of allylic oxidation sites excluding steroid dienone is 2. The second kappa shape index (κ2) is 9.54. The second-order valence-electron chi connectivity index (χ2n) is 4.94. The van der Waals surface area contributed by atoms with Crippen molar-refractivity contribution in [1.29, 1.82) is 0 Å². The predicted octanol–water partition coefficient (Wildman–Crippen LogP) is 4.08. The van der Waals surface area contributed by atoms with Gasteiger partial charge in [-0.25, -0.2) is 9.59 Å². The molecule has 0 saturated heterocycles. The number of hydrogen-bond donors (Lipinski definition) is 0. The maximum atomic E-state index is 11.1. The Bertz CT molecular complexity index is 353. The summed E-state index contributed by atoms with van der Waals surface area (Å²) in [6.07, 6.45) is 15.9. The van der Waals surface area contributed by atoms with Crippen molar-refractivity contribution in [3.63, 3.8) is 0 Å². The topological polar surface area (TPSA) is 43.4 Å². The van der Waals surface area contributed by atoms with Crippen LogP contribution in [0.4, 0.5) is 0 Å². The van der Waals surface area contributed by atoms with E-state index in [1.165, 1.54) is 44.6 Å². The summed E-state index contributed by atoms with van der Waals surface area (Å²) in [4.78, 5) is 21.9. The van der Waals surface area contributed by atoms with Crippen molar-refractivity contribution in [2.75, 3.05) is 0 Å². The minimum atomic E-state index is -0.531. The van der Waals surface area contributed by atoms with Crippen LogP contribution in [0.3, 0.4) is 0 Å². The molecule has 0 atom stereocenters. The van der Waals surface area contributed by atoms with Gasteiger partial charge < -0.3 is 4.74 Å². The number of cyclic esters (lactones) is 2. The second-order valence-corrected chi connectivity index (χ2v) is 4.94. The van der Waals surface area contributed by atoms with Crippen LogP contribution >= 0.6 is 0 Å². The summed E-state index contributed by atoms with van der Waals surface area (Å²) >= 11 is 0. The fourth-order valence-corrected chi connectivity index (χ4v) is 2.08. The number of carbonyl (C=O) groups is 2. The van der Waals surface area contributed by atoms with Gasteiger partial charge in [-0.15, -0.1) is 0 Å². The molecule has 0 amide bonds. The average Bonchev–Trinajstić information content (AvgIpc) is 2.70. The summed E-state index contributed by atoms with van der Waals surface area (Å²) in [7, 11) is 0. The first-order chi connectivity index (χ1) is 9.24. The van der Waals surface area contributed by atoms with Gasteiger partial charge in [-0.2, -0.15) is 0 Å². The Morgan fingerprint density at radius 3 is 2.37 bits per heavy atom. The van der Waals surface area contributed by atoms with Crippen LogP contribution in [-0.4, -0.2) is 11.9 Å². The zero-order valence-corrected chi connectivity index (χ0v) is 11.8. The largest absolute Gasteiger partial charge is 0.386 e. The summed E-state index contributed by atoms with van der Waals surface area (Å²) in [5, 5.41) is 0. The molecule has 0 fully saturated rings. The van der Waals surface area contributed by atoms with Gasteiger partial charge in [0.25, 0.3) is 0 Å². The lowest BCUT2D eigenvalue weighted by Gasteiger charge is -1.98. The third kappa shape index (κ3) is 6.94. The fourth-order valence-electron chi connectivity index (χ4n) is 2.08. The van der Waals surface area contributed by atoms with Gasteiger partial charge in [0, 0.05) is 11.6 Å². The maximum Gasteiger partial charge on any atom is 0.342 e. The molecule has 3 heteroatoms. The summed E-state index contributed by atoms with van der Waals surface area (Å²) < 4.78 is 4.42. The van der Waals surface area contributed by atoms with E-state index in [0.29, 0.717) is 12.0 Å². The van der Waals surface area contributed by atoms with E-state index in [0.717, 1.165) is 12.8 Å². The summed E-state index contributed by atoms with van der Waals surface area (Å²) in [5.74, 6) is -1.01. The van der Waals surface area contributed by atoms with Gasteiger partial charge in [0.05, 0.1) is 0 Å². The maximum absolute atomic E-state index is 11.1. The van der Waals surface area contributed by atoms with Gasteiger partial charge in [0.2, 0.25) is 0 Å². The highest BCUT2D eigenvalue weighted by Crippen LogP contribution is 2.14. The number of unbranched alkanes of at least 4 members (excludes halogenated alkanes) is 6. The predicted molar refractivity (Wildman–Crippen MR) is 75.5 cm³/mol. The Morgan fingerprint density at radius 1 is 1.00 bits per heavy atom. The van der Waals surface area contributed by atoms with E-state index in [2.05, 4.69) is 23.8 Å². The van der Waals surface area contributed by atoms with Crippen molar-refractivity contribution < 1.29 is 14.3 Å². The Balaban J connectivity index is 1.98. The molecular formula is C16H24O3. The zero-order chi connectivity index (χ0) is 13.9. The lowest BCUT2D eigenvalue weighted by atomic mass is 10.1. The Hall–Kier alpha value is -1.38. The highest BCUT2D eigenvalue weighted by atomic mass is 16.6. The van der Waals surface area contributed by atoms with Crippen molar-refractivity contribution >= 4 is 11.9 Å². The van der Waals surface area contributed by atoms with Crippen molar-refractivity contribution in [1.82, 2.24) is 0 Å². The normalized spacial score (nSPS) is 15.1. The fraction of sp³-hybridized carbons (Fsp3) is 0.625. The molecule has 0 aromatic heterocycles. The Kier molecular flexibility index (Phi) is 7.87. The minimum Gasteiger partial charge on any atom is -0.386 e. The molecular weight excluding hydrogens is 240 g/mol. The van der Waals surface area contributed by atoms with E-state index in [-0.39, 0.29) is 0 Å². The molecule has 1 heterocycles. The van der Waals surface area contributed by atoms with Gasteiger partial charge in [0.1, 0.15) is 0 Å². The number of rotatable bonds is 10. The van der Waals surface area contributed by atoms with Gasteiger partial charge in [-0.3, -0.25) is 0 Å². The highest BCUT2D eigenvalue weighted by Gasteiger charge is 2.22. The lowest BCUT2D eigenvalue weighted by Crippen LogP contribution is -2.01. The van der Waals surface area contributed by atoms with Crippen LogP contribution in [0.15, 0.2) is 23.8 Å². The van der Waals surface area contributed by atoms with Gasteiger partial charge in [0.15, 0.2) is 0 Å². The summed E-state index contributed by atoms with van der Waals surface area (Å²) in [5.41, 5.74) is 0.495. The average molecular weight is 264 g/mol. The van der Waals surface area contributed by atoms with Crippen molar-refractivity contribution in [2.45, 2.75) is 64.7 Å². The summed E-state index contributed by atoms with van der Waals surface area (Å²) in [6.45, 7) is 2.23. The first-order valence-electron chi connectivity index (χ1n) is 7.35. The molecule has 0 saturated carbocycles. The zero-order valence-electron chi connectivity index (χ0n) is 11.8. The number of hydrogen-bond acceptors (Lipinski definition) is 3. The van der Waals surface area contributed by atoms with E-state index in [4.69, 9.17) is 0 Å². The molecule has 106 valence electrons. The van der Waals surface area contributed by atoms with Crippen molar-refractivity contribution in [2.24, 2.45) is 0 Å². The van der Waals surface area contributed by atoms with Crippen molar-refractivity contribution in [3.05, 3.63) is 23.8 Å². The third-order valence-electron chi connectivity index (χ3n) is 3.22. The van der Waals surface area contributed by atoms with E-state index < -0.39 is 11.9 Å². The molecule has 19 heavy (non-hydrogen) atoms. The molecule has 0 spiro atoms. The molecule has 0 N–H and O–H groups in total. The molecule has 1 aliphatic heterocycles. The molecule has 3 nitrogen and oxygen atoms in total. The van der Waals surface area contributed by atoms with Gasteiger partial charge in [-0.05, 0) is 25.7 Å². The quantitative estimate of drug-likeness (QED) is 0.258. The van der Waals surface area contributed by atoms with Crippen LogP contribution < -0.4 is 0 Å². The van der Waals surface area contributed by atoms with Crippen LogP contribution in [0.1, 0.15) is 64.7 Å². The number of esters is 2. The molecule has 0 bridgehead atoms. The smallest absolute Gasteiger partial charge is 0.342 e. The van der Waals surface area contributed by atoms with Gasteiger partial charge in [-0.1, -0.05) is 51.2 Å². The molecule has 1 rings (SSSR count). The SMILES string of the molecule is CCCCCCCCC=CCCC1=CC(=O)OC1=O. The van der Waals surface area contributed by atoms with Crippen LogP contribution in [-0.2, 0) is 14.3 Å². The van der Waals surface area contributed by atoms with Crippen molar-refractivity contribution in [3.8, 4) is 0 Å². The number of carbonyl (C=O) groups excluding carboxylic acids is 2. The Labute approximate surface area is 115 Å². The van der Waals surface area contributed by atoms with E-state index in [1.54, 1.807) is 0 Å². The lowest BCUT2D eigenvalue weighted by molar-refractivity contribution is -0.150. The van der Waals surface area contributed by atoms with Crippen LogP contribution in [0.2, 0.25) is 0 Å². The van der Waals surface area contributed by atoms with E-state index in [9.17, 15) is 9.59 Å². The standard InChI is InChI=1S/C16H24O3/c1-2-3-4-5-6-7-8-9-10-11-12-14-13-15(17)19-16(14)18/h9-10,13H,2-8,11-12H2,1H3. The monoisotopic (exact) mass is 264 g/mol. The van der Waals surface area contributed by atoms with E-state index >= 15 is 0 Å². The minimum absolute atomic E-state index is 0.477. The highest BCUT2D eigenvalue weighted by molar-refractivity contribution is 6.08. The van der Waals surface area contributed by atoms with Crippen LogP contribution in [0.25, 0.3) is 0 Å². The Morgan fingerprint density at radius 2 is 1.68 bits per heavy atom. The van der Waals surface area contributed by atoms with Crippen LogP contribution in [0.5, 0.6) is 0 Å². The molecule has 0 aromatic rings. The summed E-state index contributed by atoms with van der Waals surface area (Å²) in [6, 6.07) is 0. The molecule has 0 unspecified atom stereocenters. The van der Waals surface area contributed by atoms with Gasteiger partial charge >= 0.3 is 11.9 Å². The van der Waals surface area contributed by atoms with E-state index in [1.807, 2.05) is 0 Å². The first-order valence-corrected chi connectivity index (χ1v) is 7.35. The molecule has 0 aromatic carbocycles. The first kappa shape index (κ1) is 15.7. The molecule has 0 aliphatic carbocycles. The third-order valence-corrected chi connectivity index (χ3v) is 3.22. The molecule has 1 aliphatic rings. The molecule has 0 radical (unpaired) electrons. The van der Waals surface area contributed by atoms with Crippen LogP contribution in [0, 0.1) is 0 Å². The number of ether oxygens (including phenoxy) is 1.